The number of nitrogens with zero attached hydrogens (tertiary/aromatic N) is 1. The van der Waals surface area contributed by atoms with Gasteiger partial charge in [0.2, 0.25) is 5.91 Å². The maximum Gasteiger partial charge on any atom is 0.217 e. The fraction of sp³-hybridized carbons (Fsp3) is 0.923. The number of carbonyl (C=O) groups is 2. The molecule has 0 rings (SSSR count). The molecule has 12 N–H and O–H groups in total. The maximum atomic E-state index is 10.3. The molecule has 0 aliphatic rings. The molecule has 0 aliphatic carbocycles. The lowest BCUT2D eigenvalue weighted by Gasteiger charge is -2.16. The molecule has 5 unspecified atom stereocenters. The number of nitrogens with one attached hydrogen (secondary N) is 2. The van der Waals surface area contributed by atoms with Crippen molar-refractivity contribution in [3.8, 4) is 0 Å². The third-order valence-corrected chi connectivity index (χ3v) is 6.25. The Morgan fingerprint density at radius 2 is 0.939 bits per heavy atom. The highest BCUT2D eigenvalue weighted by Gasteiger charge is 2.11. The van der Waals surface area contributed by atoms with E-state index in [9.17, 15) is 9.59 Å². The van der Waals surface area contributed by atoms with Gasteiger partial charge in [0.15, 0.2) is 5.96 Å². The van der Waals surface area contributed by atoms with Crippen LogP contribution in [-0.4, -0.2) is 60.4 Å². The van der Waals surface area contributed by atoms with E-state index in [1.165, 1.54) is 19.8 Å². The second kappa shape index (κ2) is 58.5. The normalized spacial score (nSPS) is 11.6. The summed E-state index contributed by atoms with van der Waals surface area (Å²) in [6.07, 6.45) is 6.22. The van der Waals surface area contributed by atoms with E-state index in [1.54, 1.807) is 6.92 Å². The molecule has 10 heteroatoms. The molecule has 0 fully saturated rings. The first kappa shape index (κ1) is 81.3. The summed E-state index contributed by atoms with van der Waals surface area (Å²) in [7, 11) is 1.98. The summed E-state index contributed by atoms with van der Waals surface area (Å²) in [6.45, 7) is 33.9. The van der Waals surface area contributed by atoms with Crippen LogP contribution in [0.15, 0.2) is 4.99 Å². The van der Waals surface area contributed by atoms with Gasteiger partial charge in [0.1, 0.15) is 5.78 Å². The van der Waals surface area contributed by atoms with E-state index < -0.39 is 0 Å². The minimum absolute atomic E-state index is 0. The molecule has 0 saturated heterocycles. The Balaban J connectivity index is -0.0000000324. The van der Waals surface area contributed by atoms with Gasteiger partial charge in [-0.3, -0.25) is 4.79 Å². The van der Waals surface area contributed by atoms with Crippen molar-refractivity contribution in [1.82, 2.24) is 10.6 Å². The molecular formula is C39H104N8O2. The fourth-order valence-corrected chi connectivity index (χ4v) is 1.08. The van der Waals surface area contributed by atoms with Crippen molar-refractivity contribution in [3.05, 3.63) is 0 Å². The molecule has 0 bridgehead atoms. The zero-order valence-electron chi connectivity index (χ0n) is 32.9. The van der Waals surface area contributed by atoms with E-state index in [0.717, 1.165) is 25.2 Å². The Bertz CT molecular complexity index is 588. The lowest BCUT2D eigenvalue weighted by Crippen LogP contribution is -2.35. The summed E-state index contributed by atoms with van der Waals surface area (Å²) in [4.78, 5) is 24.1. The molecule has 0 heterocycles. The predicted octanol–water partition coefficient (Wildman–Crippen LogP) is 9.02. The predicted molar refractivity (Wildman–Crippen MR) is 234 cm³/mol. The first-order valence-electron chi connectivity index (χ1n) is 16.7. The first-order valence-corrected chi connectivity index (χ1v) is 16.7. The van der Waals surface area contributed by atoms with Crippen molar-refractivity contribution in [2.45, 2.75) is 229 Å². The van der Waals surface area contributed by atoms with E-state index in [4.69, 9.17) is 28.7 Å². The van der Waals surface area contributed by atoms with Gasteiger partial charge < -0.3 is 44.1 Å². The van der Waals surface area contributed by atoms with Crippen LogP contribution >= 0.6 is 0 Å². The SMILES string of the molecule is C.C.C.C.C.CC(N)C(C)N.CCC(C)(C)N=C(N)N.CCC(C)=O.CCC(C)C.CCC(C)N.CCC(C)NC.CCC(C)NC(C)=O. The summed E-state index contributed by atoms with van der Waals surface area (Å²) in [5.41, 5.74) is 26.2. The molecule has 0 radical (unpaired) electrons. The largest absolute Gasteiger partial charge is 0.370 e. The van der Waals surface area contributed by atoms with E-state index in [-0.39, 0.29) is 72.4 Å². The van der Waals surface area contributed by atoms with Crippen molar-refractivity contribution in [2.24, 2.45) is 39.6 Å². The Morgan fingerprint density at radius 3 is 0.980 bits per heavy atom. The van der Waals surface area contributed by atoms with E-state index in [0.29, 0.717) is 24.5 Å². The fourth-order valence-electron chi connectivity index (χ4n) is 1.08. The lowest BCUT2D eigenvalue weighted by molar-refractivity contribution is -0.119. The van der Waals surface area contributed by atoms with Gasteiger partial charge in [-0.25, -0.2) is 4.99 Å². The van der Waals surface area contributed by atoms with Crippen LogP contribution < -0.4 is 39.3 Å². The highest BCUT2D eigenvalue weighted by Crippen LogP contribution is 2.11. The third kappa shape index (κ3) is 131. The van der Waals surface area contributed by atoms with Crippen LogP contribution in [-0.2, 0) is 9.59 Å². The molecule has 0 aromatic heterocycles. The second-order valence-electron chi connectivity index (χ2n) is 12.3. The molecule has 10 nitrogen and oxygen atoms in total. The van der Waals surface area contributed by atoms with Gasteiger partial charge in [0.25, 0.3) is 0 Å². The number of Topliss-reactive ketones (excluding diaryl/α,β-unsaturated/α-hetero) is 1. The van der Waals surface area contributed by atoms with Gasteiger partial charge in [0.05, 0.1) is 5.54 Å². The van der Waals surface area contributed by atoms with Gasteiger partial charge in [-0.15, -0.1) is 0 Å². The molecule has 0 spiro atoms. The van der Waals surface area contributed by atoms with Crippen LogP contribution in [0.5, 0.6) is 0 Å². The monoisotopic (exact) mass is 717 g/mol. The average Bonchev–Trinajstić information content (AvgIpc) is 2.93. The number of carbonyl (C=O) groups excluding carboxylic acids is 2. The first-order chi connectivity index (χ1) is 19.9. The number of amides is 1. The standard InChI is InChI=1S/C6H15N3.C6H13NO.C5H13N.C5H12.C4H12N2.C4H11N.C4H8O.5CH4/c1-4-6(2,3)9-5(7)8;1-4-5(2)7-6(3)8;1-4-5(2)6-3;1-4-5(2)3;1-3(5)4(2)6;2*1-3-4(2)5;;;;;/h4H2,1-3H3,(H4,7,8,9);5H,4H2,1-3H3,(H,7,8);5-6H,4H2,1-3H3;5H,4H2,1-3H3;3-4H,5-6H2,1-2H3;4H,3,5H2,1-2H3;3H2,1-2H3;5*1H4. The Kier molecular flexibility index (Phi) is 97.0. The number of ketones is 1. The number of guanidine groups is 1. The van der Waals surface area contributed by atoms with Gasteiger partial charge in [-0.2, -0.15) is 0 Å². The molecular weight excluding hydrogens is 612 g/mol. The molecule has 0 aromatic carbocycles. The molecule has 49 heavy (non-hydrogen) atoms. The van der Waals surface area contributed by atoms with Crippen molar-refractivity contribution in [3.63, 3.8) is 0 Å². The van der Waals surface area contributed by atoms with Crippen molar-refractivity contribution < 1.29 is 9.59 Å². The topological polar surface area (TPSA) is 201 Å². The summed E-state index contributed by atoms with van der Waals surface area (Å²) >= 11 is 0. The van der Waals surface area contributed by atoms with Gasteiger partial charge in [-0.1, -0.05) is 98.9 Å². The molecule has 0 aliphatic heterocycles. The number of nitrogens with two attached hydrogens (primary N) is 5. The molecule has 1 amide bonds. The van der Waals surface area contributed by atoms with Crippen LogP contribution in [0.25, 0.3) is 0 Å². The number of rotatable bonds is 10. The molecule has 312 valence electrons. The minimum Gasteiger partial charge on any atom is -0.370 e. The summed E-state index contributed by atoms with van der Waals surface area (Å²) in [5.74, 6) is 1.36. The zero-order chi connectivity index (χ0) is 37.1. The molecule has 5 atom stereocenters. The zero-order valence-corrected chi connectivity index (χ0v) is 32.9. The van der Waals surface area contributed by atoms with E-state index in [1.807, 2.05) is 69.4 Å². The van der Waals surface area contributed by atoms with Crippen molar-refractivity contribution in [1.29, 1.82) is 0 Å². The smallest absolute Gasteiger partial charge is 0.217 e. The summed E-state index contributed by atoms with van der Waals surface area (Å²) in [5, 5.41) is 5.87. The van der Waals surface area contributed by atoms with Crippen molar-refractivity contribution in [2.75, 3.05) is 7.05 Å². The maximum absolute atomic E-state index is 10.3. The van der Waals surface area contributed by atoms with Crippen molar-refractivity contribution >= 4 is 17.6 Å². The van der Waals surface area contributed by atoms with Crippen LogP contribution in [0.3, 0.4) is 0 Å². The third-order valence-electron chi connectivity index (χ3n) is 6.25. The quantitative estimate of drug-likeness (QED) is 0.0857. The Morgan fingerprint density at radius 1 is 0.653 bits per heavy atom. The Hall–Kier alpha value is -1.75. The van der Waals surface area contributed by atoms with Gasteiger partial charge in [-0.05, 0) is 94.0 Å². The second-order valence-corrected chi connectivity index (χ2v) is 12.3. The minimum atomic E-state index is -0.0984. The highest BCUT2D eigenvalue weighted by molar-refractivity contribution is 5.76. The van der Waals surface area contributed by atoms with Crippen LogP contribution in [0, 0.1) is 5.92 Å². The average molecular weight is 717 g/mol. The van der Waals surface area contributed by atoms with Crippen LogP contribution in [0.4, 0.5) is 0 Å². The Labute approximate surface area is 313 Å². The molecule has 0 saturated carbocycles. The summed E-state index contributed by atoms with van der Waals surface area (Å²) in [6, 6.07) is 1.66. The summed E-state index contributed by atoms with van der Waals surface area (Å²) < 4.78 is 0. The number of hydrogen-bond acceptors (Lipinski definition) is 7. The molecule has 0 aromatic rings. The highest BCUT2D eigenvalue weighted by atomic mass is 16.1. The number of aliphatic imine (C=N–C) groups is 1. The van der Waals surface area contributed by atoms with Crippen LogP contribution in [0.1, 0.15) is 193 Å². The lowest BCUT2D eigenvalue weighted by atomic mass is 10.0. The number of hydrogen-bond donors (Lipinski definition) is 7. The van der Waals surface area contributed by atoms with E-state index >= 15 is 0 Å². The van der Waals surface area contributed by atoms with Crippen LogP contribution in [0.2, 0.25) is 0 Å². The van der Waals surface area contributed by atoms with Gasteiger partial charge >= 0.3 is 0 Å². The van der Waals surface area contributed by atoms with E-state index in [2.05, 4.69) is 57.2 Å². The van der Waals surface area contributed by atoms with Gasteiger partial charge in [0, 0.05) is 43.6 Å².